The van der Waals surface area contributed by atoms with Crippen LogP contribution in [0.4, 0.5) is 0 Å². The topological polar surface area (TPSA) is 94.8 Å². The number of esters is 1. The van der Waals surface area contributed by atoms with Gasteiger partial charge in [0, 0.05) is 24.4 Å². The normalized spacial score (nSPS) is 10.6. The van der Waals surface area contributed by atoms with Crippen molar-refractivity contribution in [1.82, 2.24) is 5.32 Å². The summed E-state index contributed by atoms with van der Waals surface area (Å²) in [5, 5.41) is 3.07. The second-order valence-electron chi connectivity index (χ2n) is 7.34. The van der Waals surface area contributed by atoms with Crippen LogP contribution in [0.1, 0.15) is 34.3 Å². The number of amides is 1. The smallest absolute Gasteiger partial charge is 0.349 e. The number of carbonyl (C=O) groups is 2. The highest BCUT2D eigenvalue weighted by atomic mass is 16.5. The van der Waals surface area contributed by atoms with Crippen LogP contribution in [-0.2, 0) is 4.79 Å². The maximum Gasteiger partial charge on any atom is 0.349 e. The van der Waals surface area contributed by atoms with E-state index in [1.807, 2.05) is 32.0 Å². The van der Waals surface area contributed by atoms with Gasteiger partial charge in [-0.25, -0.2) is 4.79 Å². The molecule has 3 aromatic rings. The van der Waals surface area contributed by atoms with Crippen molar-refractivity contribution in [2.45, 2.75) is 26.7 Å². The van der Waals surface area contributed by atoms with Crippen molar-refractivity contribution >= 4 is 22.8 Å². The first-order valence-corrected chi connectivity index (χ1v) is 10.2. The predicted octanol–water partition coefficient (Wildman–Crippen LogP) is 4.09. The lowest BCUT2D eigenvalue weighted by atomic mass is 10.1. The van der Waals surface area contributed by atoms with E-state index in [9.17, 15) is 14.4 Å². The van der Waals surface area contributed by atoms with E-state index < -0.39 is 17.5 Å². The fraction of sp³-hybridized carbons (Fsp3) is 0.240. The molecule has 2 aromatic carbocycles. The van der Waals surface area contributed by atoms with Crippen molar-refractivity contribution in [2.24, 2.45) is 0 Å². The lowest BCUT2D eigenvalue weighted by Gasteiger charge is -2.10. The van der Waals surface area contributed by atoms with Gasteiger partial charge in [0.1, 0.15) is 22.6 Å². The number of hydrogen-bond donors (Lipinski definition) is 1. The van der Waals surface area contributed by atoms with Crippen LogP contribution in [0.3, 0.4) is 0 Å². The van der Waals surface area contributed by atoms with Crippen LogP contribution >= 0.6 is 0 Å². The van der Waals surface area contributed by atoms with Gasteiger partial charge >= 0.3 is 11.6 Å². The first kappa shape index (κ1) is 22.8. The van der Waals surface area contributed by atoms with E-state index in [1.54, 1.807) is 12.1 Å². The molecule has 0 radical (unpaired) electrons. The van der Waals surface area contributed by atoms with Crippen molar-refractivity contribution in [3.8, 4) is 11.5 Å². The molecule has 0 fully saturated rings. The van der Waals surface area contributed by atoms with Crippen molar-refractivity contribution in [1.29, 1.82) is 0 Å². The van der Waals surface area contributed by atoms with Gasteiger partial charge in [-0.1, -0.05) is 23.8 Å². The first-order valence-electron chi connectivity index (χ1n) is 10.2. The number of carbonyl (C=O) groups excluding carboxylic acids is 2. The molecule has 7 heteroatoms. The average molecular weight is 435 g/mol. The van der Waals surface area contributed by atoms with E-state index in [4.69, 9.17) is 13.9 Å². The molecular formula is C25H25NO6. The highest BCUT2D eigenvalue weighted by molar-refractivity contribution is 5.96. The molecule has 0 atom stereocenters. The fourth-order valence-corrected chi connectivity index (χ4v) is 3.12. The minimum Gasteiger partial charge on any atom is -0.493 e. The third-order valence-electron chi connectivity index (χ3n) is 4.70. The molecule has 3 rings (SSSR count). The highest BCUT2D eigenvalue weighted by Crippen LogP contribution is 2.22. The van der Waals surface area contributed by atoms with Gasteiger partial charge in [0.05, 0.1) is 6.61 Å². The van der Waals surface area contributed by atoms with Crippen LogP contribution in [0.2, 0.25) is 0 Å². The summed E-state index contributed by atoms with van der Waals surface area (Å²) in [6.45, 7) is 8.14. The van der Waals surface area contributed by atoms with E-state index in [2.05, 4.69) is 11.9 Å². The van der Waals surface area contributed by atoms with Crippen LogP contribution < -0.4 is 20.4 Å². The Kier molecular flexibility index (Phi) is 7.44. The molecule has 0 saturated heterocycles. The maximum absolute atomic E-state index is 12.2. The van der Waals surface area contributed by atoms with Crippen LogP contribution in [0.15, 0.2) is 64.3 Å². The highest BCUT2D eigenvalue weighted by Gasteiger charge is 2.14. The minimum absolute atomic E-state index is 0.104. The van der Waals surface area contributed by atoms with Crippen LogP contribution in [0, 0.1) is 13.8 Å². The average Bonchev–Trinajstić information content (AvgIpc) is 2.75. The summed E-state index contributed by atoms with van der Waals surface area (Å²) >= 11 is 0. The zero-order valence-electron chi connectivity index (χ0n) is 18.1. The monoisotopic (exact) mass is 435 g/mol. The zero-order chi connectivity index (χ0) is 23.1. The number of fused-ring (bicyclic) bond motifs is 1. The quantitative estimate of drug-likeness (QED) is 0.179. The van der Waals surface area contributed by atoms with E-state index in [-0.39, 0.29) is 29.9 Å². The molecule has 0 saturated carbocycles. The Hall–Kier alpha value is -3.87. The molecule has 166 valence electrons. The van der Waals surface area contributed by atoms with Gasteiger partial charge in [-0.3, -0.25) is 9.59 Å². The summed E-state index contributed by atoms with van der Waals surface area (Å²) in [7, 11) is 0. The predicted molar refractivity (Wildman–Crippen MR) is 121 cm³/mol. The molecule has 1 heterocycles. The van der Waals surface area contributed by atoms with Crippen molar-refractivity contribution in [2.75, 3.05) is 13.2 Å². The Labute approximate surface area is 185 Å². The molecule has 0 unspecified atom stereocenters. The number of ether oxygens (including phenoxy) is 2. The van der Waals surface area contributed by atoms with Gasteiger partial charge in [0.2, 0.25) is 0 Å². The summed E-state index contributed by atoms with van der Waals surface area (Å²) in [6, 6.07) is 12.0. The Morgan fingerprint density at radius 2 is 1.94 bits per heavy atom. The summed E-state index contributed by atoms with van der Waals surface area (Å²) in [6.07, 6.45) is 2.18. The van der Waals surface area contributed by atoms with Crippen LogP contribution in [0.25, 0.3) is 11.0 Å². The summed E-state index contributed by atoms with van der Waals surface area (Å²) in [5.74, 6) is 0.0892. The van der Waals surface area contributed by atoms with Gasteiger partial charge in [-0.2, -0.15) is 0 Å². The van der Waals surface area contributed by atoms with Crippen molar-refractivity contribution in [3.63, 3.8) is 0 Å². The molecule has 1 N–H and O–H groups in total. The standard InChI is InChI=1S/C25H25NO6/c1-4-11-26-24(28)20-14-18-8-9-19(15-22(18)32-25(20)29)31-23(27)6-5-12-30-21-10-7-16(2)13-17(21)3/h4,7-10,13-15H,1,5-6,11-12H2,2-3H3,(H,26,28). The molecule has 1 aromatic heterocycles. The van der Waals surface area contributed by atoms with Gasteiger partial charge in [-0.15, -0.1) is 6.58 Å². The zero-order valence-corrected chi connectivity index (χ0v) is 18.1. The summed E-state index contributed by atoms with van der Waals surface area (Å²) < 4.78 is 16.3. The Morgan fingerprint density at radius 3 is 2.69 bits per heavy atom. The number of rotatable bonds is 9. The Bertz CT molecular complexity index is 1210. The van der Waals surface area contributed by atoms with E-state index in [1.165, 1.54) is 18.2 Å². The molecule has 7 nitrogen and oxygen atoms in total. The second-order valence-corrected chi connectivity index (χ2v) is 7.34. The number of aryl methyl sites for hydroxylation is 2. The number of nitrogens with one attached hydrogen (secondary N) is 1. The van der Waals surface area contributed by atoms with E-state index in [0.717, 1.165) is 16.9 Å². The molecular weight excluding hydrogens is 410 g/mol. The first-order chi connectivity index (χ1) is 15.4. The number of hydrogen-bond acceptors (Lipinski definition) is 6. The van der Waals surface area contributed by atoms with E-state index in [0.29, 0.717) is 18.4 Å². The van der Waals surface area contributed by atoms with Crippen molar-refractivity contribution < 1.29 is 23.5 Å². The van der Waals surface area contributed by atoms with Crippen LogP contribution in [-0.4, -0.2) is 25.0 Å². The number of benzene rings is 2. The fourth-order valence-electron chi connectivity index (χ4n) is 3.12. The molecule has 0 bridgehead atoms. The minimum atomic E-state index is -0.772. The molecule has 0 aliphatic heterocycles. The third-order valence-corrected chi connectivity index (χ3v) is 4.70. The van der Waals surface area contributed by atoms with Gasteiger partial charge < -0.3 is 19.2 Å². The van der Waals surface area contributed by atoms with Crippen molar-refractivity contribution in [3.05, 3.63) is 82.2 Å². The Balaban J connectivity index is 1.57. The second kappa shape index (κ2) is 10.4. The third kappa shape index (κ3) is 5.85. The van der Waals surface area contributed by atoms with Gasteiger partial charge in [-0.05, 0) is 50.1 Å². The van der Waals surface area contributed by atoms with E-state index >= 15 is 0 Å². The summed E-state index contributed by atoms with van der Waals surface area (Å²) in [5.41, 5.74) is 1.56. The lowest BCUT2D eigenvalue weighted by molar-refractivity contribution is -0.134. The maximum atomic E-state index is 12.2. The molecule has 1 amide bonds. The molecule has 32 heavy (non-hydrogen) atoms. The molecule has 0 spiro atoms. The largest absolute Gasteiger partial charge is 0.493 e. The van der Waals surface area contributed by atoms with Gasteiger partial charge in [0.15, 0.2) is 0 Å². The SMILES string of the molecule is C=CCNC(=O)c1cc2ccc(OC(=O)CCCOc3ccc(C)cc3C)cc2oc1=O. The Morgan fingerprint density at radius 1 is 1.12 bits per heavy atom. The molecule has 0 aliphatic carbocycles. The van der Waals surface area contributed by atoms with Crippen LogP contribution in [0.5, 0.6) is 11.5 Å². The molecule has 0 aliphatic rings. The lowest BCUT2D eigenvalue weighted by Crippen LogP contribution is -2.28. The summed E-state index contributed by atoms with van der Waals surface area (Å²) in [4.78, 5) is 36.3. The van der Waals surface area contributed by atoms with Gasteiger partial charge in [0.25, 0.3) is 5.91 Å².